The van der Waals surface area contributed by atoms with Gasteiger partial charge in [-0.15, -0.1) is 0 Å². The van der Waals surface area contributed by atoms with Crippen molar-refractivity contribution in [2.45, 2.75) is 19.8 Å². The monoisotopic (exact) mass is 331 g/mol. The number of hydrogen-bond acceptors (Lipinski definition) is 4. The van der Waals surface area contributed by atoms with Crippen molar-refractivity contribution >= 4 is 28.8 Å². The van der Waals surface area contributed by atoms with Gasteiger partial charge in [0.2, 0.25) is 5.91 Å². The molecule has 1 N–H and O–H groups in total. The maximum Gasteiger partial charge on any atom is 0.246 e. The Morgan fingerprint density at radius 3 is 2.78 bits per heavy atom. The number of rotatable bonds is 4. The van der Waals surface area contributed by atoms with E-state index in [0.717, 1.165) is 12.8 Å². The number of nitrogens with zero attached hydrogens (tertiary/aromatic N) is 2. The number of hydrogen-bond donors (Lipinski definition) is 1. The molecule has 1 aromatic rings. The minimum atomic E-state index is -0.954. The van der Waals surface area contributed by atoms with Crippen molar-refractivity contribution in [1.82, 2.24) is 4.90 Å². The number of carbonyl (C=O) groups is 1. The summed E-state index contributed by atoms with van der Waals surface area (Å²) in [6.07, 6.45) is 1.94. The molecule has 23 heavy (non-hydrogen) atoms. The van der Waals surface area contributed by atoms with Gasteiger partial charge in [-0.3, -0.25) is 4.79 Å². The highest BCUT2D eigenvalue weighted by molar-refractivity contribution is 7.80. The second kappa shape index (κ2) is 7.93. The maximum atomic E-state index is 12.5. The molecular formula is C17H21N3O2S. The summed E-state index contributed by atoms with van der Waals surface area (Å²) in [4.78, 5) is 14.5. The van der Waals surface area contributed by atoms with Gasteiger partial charge in [-0.1, -0.05) is 25.2 Å². The molecule has 1 aliphatic rings. The van der Waals surface area contributed by atoms with Crippen LogP contribution in [0.2, 0.25) is 0 Å². The van der Waals surface area contributed by atoms with Crippen LogP contribution in [0.25, 0.3) is 0 Å². The van der Waals surface area contributed by atoms with Gasteiger partial charge in [-0.2, -0.15) is 5.26 Å². The molecule has 0 aliphatic carbocycles. The largest absolute Gasteiger partial charge is 0.497 e. The fraction of sp³-hybridized carbons (Fsp3) is 0.471. The third kappa shape index (κ3) is 4.42. The molecular weight excluding hydrogens is 310 g/mol. The lowest BCUT2D eigenvalue weighted by atomic mass is 9.98. The van der Waals surface area contributed by atoms with Crippen molar-refractivity contribution in [2.24, 2.45) is 11.8 Å². The van der Waals surface area contributed by atoms with Gasteiger partial charge < -0.3 is 15.0 Å². The van der Waals surface area contributed by atoms with Crippen LogP contribution >= 0.6 is 12.2 Å². The van der Waals surface area contributed by atoms with Crippen molar-refractivity contribution in [3.05, 3.63) is 24.3 Å². The van der Waals surface area contributed by atoms with Crippen LogP contribution in [0.15, 0.2) is 24.3 Å². The van der Waals surface area contributed by atoms with E-state index >= 15 is 0 Å². The Kier molecular flexibility index (Phi) is 5.94. The van der Waals surface area contributed by atoms with Crippen LogP contribution < -0.4 is 10.1 Å². The second-order valence-electron chi connectivity index (χ2n) is 5.79. The Morgan fingerprint density at radius 2 is 2.17 bits per heavy atom. The molecule has 0 saturated carbocycles. The number of benzene rings is 1. The Morgan fingerprint density at radius 1 is 1.48 bits per heavy atom. The number of nitrogens with one attached hydrogen (secondary N) is 1. The summed E-state index contributed by atoms with van der Waals surface area (Å²) in [6, 6.07) is 9.25. The number of likely N-dealkylation sites (tertiary alicyclic amines) is 1. The molecule has 1 amide bonds. The van der Waals surface area contributed by atoms with Gasteiger partial charge in [0.1, 0.15) is 10.7 Å². The summed E-state index contributed by atoms with van der Waals surface area (Å²) in [5, 5.41) is 12.4. The molecule has 122 valence electrons. The quantitative estimate of drug-likeness (QED) is 0.860. The molecule has 0 unspecified atom stereocenters. The topological polar surface area (TPSA) is 65.4 Å². The van der Waals surface area contributed by atoms with Gasteiger partial charge >= 0.3 is 0 Å². The predicted octanol–water partition coefficient (Wildman–Crippen LogP) is 2.83. The van der Waals surface area contributed by atoms with Crippen LogP contribution in [0.3, 0.4) is 0 Å². The number of thiocarbonyl (C=S) groups is 1. The van der Waals surface area contributed by atoms with Gasteiger partial charge in [0.15, 0.2) is 5.92 Å². The van der Waals surface area contributed by atoms with Crippen LogP contribution in [-0.4, -0.2) is 36.0 Å². The smallest absolute Gasteiger partial charge is 0.246 e. The first-order chi connectivity index (χ1) is 11.0. The van der Waals surface area contributed by atoms with E-state index in [2.05, 4.69) is 12.2 Å². The molecule has 0 spiro atoms. The van der Waals surface area contributed by atoms with E-state index in [-0.39, 0.29) is 10.9 Å². The summed E-state index contributed by atoms with van der Waals surface area (Å²) in [5.41, 5.74) is 0.703. The molecule has 1 fully saturated rings. The Hall–Kier alpha value is -2.13. The van der Waals surface area contributed by atoms with Gasteiger partial charge in [-0.05, 0) is 30.9 Å². The van der Waals surface area contributed by atoms with E-state index in [0.29, 0.717) is 30.4 Å². The maximum absolute atomic E-state index is 12.5. The normalized spacial score (nSPS) is 16.3. The average molecular weight is 331 g/mol. The van der Waals surface area contributed by atoms with E-state index in [1.807, 2.05) is 24.3 Å². The number of ether oxygens (including phenoxy) is 1. The van der Waals surface area contributed by atoms with E-state index in [1.165, 1.54) is 0 Å². The summed E-state index contributed by atoms with van der Waals surface area (Å²) in [6.45, 7) is 3.57. The lowest BCUT2D eigenvalue weighted by Crippen LogP contribution is -2.44. The fourth-order valence-corrected chi connectivity index (χ4v) is 2.82. The number of anilines is 1. The Balaban J connectivity index is 2.03. The highest BCUT2D eigenvalue weighted by Gasteiger charge is 2.30. The summed E-state index contributed by atoms with van der Waals surface area (Å²) < 4.78 is 5.15. The zero-order valence-corrected chi connectivity index (χ0v) is 14.2. The van der Waals surface area contributed by atoms with E-state index < -0.39 is 5.92 Å². The first-order valence-corrected chi connectivity index (χ1v) is 8.09. The fourth-order valence-electron chi connectivity index (χ4n) is 2.55. The number of piperidine rings is 1. The van der Waals surface area contributed by atoms with E-state index in [4.69, 9.17) is 17.0 Å². The van der Waals surface area contributed by atoms with Gasteiger partial charge in [-0.25, -0.2) is 0 Å². The molecule has 0 radical (unpaired) electrons. The van der Waals surface area contributed by atoms with Crippen molar-refractivity contribution < 1.29 is 9.53 Å². The SMILES string of the molecule is COc1cccc(NC(=S)[C@H](C#N)C(=O)N2CCC(C)CC2)c1. The molecule has 0 bridgehead atoms. The third-order valence-corrected chi connectivity index (χ3v) is 4.41. The molecule has 1 aromatic carbocycles. The van der Waals surface area contributed by atoms with Crippen LogP contribution in [0.5, 0.6) is 5.75 Å². The van der Waals surface area contributed by atoms with Gasteiger partial charge in [0, 0.05) is 24.8 Å². The molecule has 0 aromatic heterocycles. The summed E-state index contributed by atoms with van der Waals surface area (Å²) in [7, 11) is 1.58. The zero-order valence-electron chi connectivity index (χ0n) is 13.4. The first-order valence-electron chi connectivity index (χ1n) is 7.68. The van der Waals surface area contributed by atoms with Crippen molar-refractivity contribution in [1.29, 1.82) is 5.26 Å². The summed E-state index contributed by atoms with van der Waals surface area (Å²) >= 11 is 5.28. The molecule has 2 rings (SSSR count). The molecule has 1 aliphatic heterocycles. The van der Waals surface area contributed by atoms with E-state index in [1.54, 1.807) is 18.1 Å². The van der Waals surface area contributed by atoms with E-state index in [9.17, 15) is 10.1 Å². The lowest BCUT2D eigenvalue weighted by Gasteiger charge is -2.31. The minimum absolute atomic E-state index is 0.209. The van der Waals surface area contributed by atoms with Crippen molar-refractivity contribution in [3.8, 4) is 11.8 Å². The summed E-state index contributed by atoms with van der Waals surface area (Å²) in [5.74, 6) is 0.147. The second-order valence-corrected chi connectivity index (χ2v) is 6.23. The lowest BCUT2D eigenvalue weighted by molar-refractivity contribution is -0.133. The molecule has 1 atom stereocenters. The standard InChI is InChI=1S/C17H21N3O2S/c1-12-6-8-20(9-7-12)17(21)15(11-18)16(23)19-13-4-3-5-14(10-13)22-2/h3-5,10,12,15H,6-9H2,1-2H3,(H,19,23)/t15-/m0/s1. The van der Waals surface area contributed by atoms with Crippen LogP contribution in [0.4, 0.5) is 5.69 Å². The van der Waals surface area contributed by atoms with Crippen LogP contribution in [0, 0.1) is 23.2 Å². The average Bonchev–Trinajstić information content (AvgIpc) is 2.56. The Bertz CT molecular complexity index is 619. The highest BCUT2D eigenvalue weighted by atomic mass is 32.1. The van der Waals surface area contributed by atoms with Gasteiger partial charge in [0.25, 0.3) is 0 Å². The number of nitriles is 1. The van der Waals surface area contributed by atoms with Gasteiger partial charge in [0.05, 0.1) is 13.2 Å². The minimum Gasteiger partial charge on any atom is -0.497 e. The molecule has 1 saturated heterocycles. The van der Waals surface area contributed by atoms with Crippen molar-refractivity contribution in [3.63, 3.8) is 0 Å². The third-order valence-electron chi connectivity index (χ3n) is 4.07. The Labute approximate surface area is 142 Å². The predicted molar refractivity (Wildman–Crippen MR) is 93.3 cm³/mol. The molecule has 5 nitrogen and oxygen atoms in total. The zero-order chi connectivity index (χ0) is 16.8. The molecule has 1 heterocycles. The number of methoxy groups -OCH3 is 1. The van der Waals surface area contributed by atoms with Crippen molar-refractivity contribution in [2.75, 3.05) is 25.5 Å². The highest BCUT2D eigenvalue weighted by Crippen LogP contribution is 2.20. The number of amides is 1. The first kappa shape index (κ1) is 17.2. The number of carbonyl (C=O) groups excluding carboxylic acids is 1. The van der Waals surface area contributed by atoms with Crippen LogP contribution in [-0.2, 0) is 4.79 Å². The molecule has 6 heteroatoms. The van der Waals surface area contributed by atoms with Crippen LogP contribution in [0.1, 0.15) is 19.8 Å².